The standard InChI is InChI=1S/C16H25N/c1-6-14-7-8-16(17)15(10-14)13(5)12(4)9-11(2)3/h7-8,10-12H,5-6,9,17H2,1-4H3/t12-/m1/s1. The van der Waals surface area contributed by atoms with Crippen molar-refractivity contribution in [1.82, 2.24) is 0 Å². The predicted molar refractivity (Wildman–Crippen MR) is 77.9 cm³/mol. The normalized spacial score (nSPS) is 12.8. The highest BCUT2D eigenvalue weighted by molar-refractivity contribution is 5.75. The average molecular weight is 231 g/mol. The van der Waals surface area contributed by atoms with Gasteiger partial charge in [0, 0.05) is 11.3 Å². The Morgan fingerprint density at radius 3 is 2.47 bits per heavy atom. The molecule has 1 rings (SSSR count). The number of anilines is 1. The van der Waals surface area contributed by atoms with Crippen LogP contribution in [-0.2, 0) is 6.42 Å². The topological polar surface area (TPSA) is 26.0 Å². The molecule has 1 nitrogen and oxygen atoms in total. The smallest absolute Gasteiger partial charge is 0.0390 e. The fourth-order valence-corrected chi connectivity index (χ4v) is 2.22. The molecule has 0 aliphatic rings. The monoisotopic (exact) mass is 231 g/mol. The Morgan fingerprint density at radius 2 is 1.94 bits per heavy atom. The number of nitrogens with two attached hydrogens (primary N) is 1. The summed E-state index contributed by atoms with van der Waals surface area (Å²) in [6.07, 6.45) is 2.20. The third-order valence-electron chi connectivity index (χ3n) is 3.29. The summed E-state index contributed by atoms with van der Waals surface area (Å²) in [5.74, 6) is 1.18. The van der Waals surface area contributed by atoms with E-state index in [0.717, 1.165) is 24.1 Å². The first kappa shape index (κ1) is 13.8. The molecule has 0 radical (unpaired) electrons. The highest BCUT2D eigenvalue weighted by atomic mass is 14.6. The van der Waals surface area contributed by atoms with Crippen molar-refractivity contribution in [2.45, 2.75) is 40.5 Å². The van der Waals surface area contributed by atoms with Gasteiger partial charge in [0.2, 0.25) is 0 Å². The largest absolute Gasteiger partial charge is 0.398 e. The van der Waals surface area contributed by atoms with Gasteiger partial charge in [-0.1, -0.05) is 40.3 Å². The van der Waals surface area contributed by atoms with E-state index in [0.29, 0.717) is 11.8 Å². The Bertz CT molecular complexity index is 391. The summed E-state index contributed by atoms with van der Waals surface area (Å²) in [6.45, 7) is 13.1. The van der Waals surface area contributed by atoms with E-state index in [2.05, 4.69) is 46.4 Å². The van der Waals surface area contributed by atoms with Gasteiger partial charge in [-0.3, -0.25) is 0 Å². The SMILES string of the molecule is C=C(c1cc(CC)ccc1N)[C@H](C)CC(C)C. The molecule has 0 saturated heterocycles. The minimum Gasteiger partial charge on any atom is -0.398 e. The molecule has 0 aliphatic heterocycles. The van der Waals surface area contributed by atoms with Gasteiger partial charge in [-0.2, -0.15) is 0 Å². The van der Waals surface area contributed by atoms with E-state index < -0.39 is 0 Å². The van der Waals surface area contributed by atoms with Gasteiger partial charge in [0.25, 0.3) is 0 Å². The Balaban J connectivity index is 2.94. The van der Waals surface area contributed by atoms with E-state index in [4.69, 9.17) is 5.73 Å². The van der Waals surface area contributed by atoms with Crippen LogP contribution in [0.25, 0.3) is 5.57 Å². The van der Waals surface area contributed by atoms with Crippen LogP contribution in [0.4, 0.5) is 5.69 Å². The van der Waals surface area contributed by atoms with Gasteiger partial charge < -0.3 is 5.73 Å². The number of hydrogen-bond acceptors (Lipinski definition) is 1. The lowest BCUT2D eigenvalue weighted by atomic mass is 9.87. The number of nitrogen functional groups attached to an aromatic ring is 1. The van der Waals surface area contributed by atoms with Gasteiger partial charge in [0.1, 0.15) is 0 Å². The van der Waals surface area contributed by atoms with Crippen LogP contribution in [-0.4, -0.2) is 0 Å². The number of allylic oxidation sites excluding steroid dienone is 1. The van der Waals surface area contributed by atoms with E-state index >= 15 is 0 Å². The third-order valence-corrected chi connectivity index (χ3v) is 3.29. The van der Waals surface area contributed by atoms with Crippen LogP contribution < -0.4 is 5.73 Å². The molecule has 1 atom stereocenters. The maximum absolute atomic E-state index is 6.05. The molecular weight excluding hydrogens is 206 g/mol. The van der Waals surface area contributed by atoms with Gasteiger partial charge in [-0.25, -0.2) is 0 Å². The molecule has 0 amide bonds. The van der Waals surface area contributed by atoms with E-state index in [-0.39, 0.29) is 0 Å². The van der Waals surface area contributed by atoms with Crippen LogP contribution in [0.2, 0.25) is 0 Å². The predicted octanol–water partition coefficient (Wildman–Crippen LogP) is 4.53. The van der Waals surface area contributed by atoms with Gasteiger partial charge >= 0.3 is 0 Å². The number of benzene rings is 1. The summed E-state index contributed by atoms with van der Waals surface area (Å²) in [5.41, 5.74) is 10.5. The maximum Gasteiger partial charge on any atom is 0.0390 e. The summed E-state index contributed by atoms with van der Waals surface area (Å²) >= 11 is 0. The van der Waals surface area contributed by atoms with E-state index in [1.807, 2.05) is 6.07 Å². The molecule has 0 aromatic heterocycles. The number of hydrogen-bond donors (Lipinski definition) is 1. The quantitative estimate of drug-likeness (QED) is 0.740. The maximum atomic E-state index is 6.05. The Kier molecular flexibility index (Phi) is 4.80. The lowest BCUT2D eigenvalue weighted by Crippen LogP contribution is -2.05. The molecule has 0 unspecified atom stereocenters. The third kappa shape index (κ3) is 3.62. The van der Waals surface area contributed by atoms with Crippen LogP contribution in [0.5, 0.6) is 0 Å². The fraction of sp³-hybridized carbons (Fsp3) is 0.500. The van der Waals surface area contributed by atoms with E-state index in [1.54, 1.807) is 0 Å². The molecule has 0 bridgehead atoms. The van der Waals surface area contributed by atoms with Crippen molar-refractivity contribution in [2.24, 2.45) is 11.8 Å². The molecule has 1 aromatic rings. The van der Waals surface area contributed by atoms with Crippen LogP contribution >= 0.6 is 0 Å². The lowest BCUT2D eigenvalue weighted by molar-refractivity contribution is 0.513. The van der Waals surface area contributed by atoms with Crippen LogP contribution in [0, 0.1) is 11.8 Å². The minimum absolute atomic E-state index is 0.490. The zero-order valence-corrected chi connectivity index (χ0v) is 11.6. The van der Waals surface area contributed by atoms with Crippen molar-refractivity contribution in [1.29, 1.82) is 0 Å². The summed E-state index contributed by atoms with van der Waals surface area (Å²) in [5, 5.41) is 0. The first-order valence-electron chi connectivity index (χ1n) is 6.53. The molecule has 0 heterocycles. The van der Waals surface area contributed by atoms with Crippen molar-refractivity contribution < 1.29 is 0 Å². The number of aryl methyl sites for hydroxylation is 1. The zero-order valence-electron chi connectivity index (χ0n) is 11.6. The zero-order chi connectivity index (χ0) is 13.0. The molecule has 94 valence electrons. The Morgan fingerprint density at radius 1 is 1.29 bits per heavy atom. The van der Waals surface area contributed by atoms with E-state index in [9.17, 15) is 0 Å². The molecule has 0 saturated carbocycles. The molecular formula is C16H25N. The molecule has 1 heteroatoms. The summed E-state index contributed by atoms with van der Waals surface area (Å²) in [7, 11) is 0. The van der Waals surface area contributed by atoms with Gasteiger partial charge in [0.05, 0.1) is 0 Å². The molecule has 0 aliphatic carbocycles. The molecule has 0 spiro atoms. The van der Waals surface area contributed by atoms with Crippen molar-refractivity contribution in [3.8, 4) is 0 Å². The first-order valence-corrected chi connectivity index (χ1v) is 6.53. The Hall–Kier alpha value is -1.24. The second-order valence-corrected chi connectivity index (χ2v) is 5.33. The lowest BCUT2D eigenvalue weighted by Gasteiger charge is -2.19. The second-order valence-electron chi connectivity index (χ2n) is 5.33. The molecule has 1 aromatic carbocycles. The minimum atomic E-state index is 0.490. The van der Waals surface area contributed by atoms with Crippen molar-refractivity contribution in [3.05, 3.63) is 35.9 Å². The second kappa shape index (κ2) is 5.90. The summed E-state index contributed by atoms with van der Waals surface area (Å²) in [6, 6.07) is 6.29. The average Bonchev–Trinajstić information content (AvgIpc) is 2.28. The van der Waals surface area contributed by atoms with E-state index in [1.165, 1.54) is 11.1 Å². The highest BCUT2D eigenvalue weighted by Gasteiger charge is 2.13. The highest BCUT2D eigenvalue weighted by Crippen LogP contribution is 2.31. The molecule has 2 N–H and O–H groups in total. The number of rotatable bonds is 5. The van der Waals surface area contributed by atoms with Gasteiger partial charge in [-0.05, 0) is 47.9 Å². The van der Waals surface area contributed by atoms with Gasteiger partial charge in [0.15, 0.2) is 0 Å². The van der Waals surface area contributed by atoms with Crippen LogP contribution in [0.15, 0.2) is 24.8 Å². The van der Waals surface area contributed by atoms with Crippen molar-refractivity contribution in [2.75, 3.05) is 5.73 Å². The molecule has 0 fully saturated rings. The summed E-state index contributed by atoms with van der Waals surface area (Å²) < 4.78 is 0. The van der Waals surface area contributed by atoms with Gasteiger partial charge in [-0.15, -0.1) is 0 Å². The van der Waals surface area contributed by atoms with Crippen LogP contribution in [0.1, 0.15) is 45.2 Å². The molecule has 17 heavy (non-hydrogen) atoms. The summed E-state index contributed by atoms with van der Waals surface area (Å²) in [4.78, 5) is 0. The first-order chi connectivity index (χ1) is 7.95. The van der Waals surface area contributed by atoms with Crippen LogP contribution in [0.3, 0.4) is 0 Å². The van der Waals surface area contributed by atoms with Crippen molar-refractivity contribution >= 4 is 11.3 Å². The Labute approximate surface area is 106 Å². The fourth-order valence-electron chi connectivity index (χ4n) is 2.22. The van der Waals surface area contributed by atoms with Crippen molar-refractivity contribution in [3.63, 3.8) is 0 Å².